The van der Waals surface area contributed by atoms with Crippen molar-refractivity contribution in [3.8, 4) is 17.4 Å². The Morgan fingerprint density at radius 1 is 1.17 bits per heavy atom. The van der Waals surface area contributed by atoms with Gasteiger partial charge in [0.25, 0.3) is 0 Å². The van der Waals surface area contributed by atoms with Crippen LogP contribution in [0.15, 0.2) is 65.3 Å². The number of hydrogen-bond donors (Lipinski definition) is 2. The number of guanidine groups is 1. The van der Waals surface area contributed by atoms with E-state index in [1.165, 1.54) is 12.5 Å². The molecule has 0 saturated carbocycles. The van der Waals surface area contributed by atoms with Crippen LogP contribution in [0.4, 0.5) is 0 Å². The first-order valence-corrected chi connectivity index (χ1v) is 6.93. The third kappa shape index (κ3) is 3.91. The molecule has 4 N–H and O–H groups in total. The average molecular weight is 322 g/mol. The van der Waals surface area contributed by atoms with Crippen LogP contribution in [0.3, 0.4) is 0 Å². The van der Waals surface area contributed by atoms with E-state index in [0.717, 1.165) is 5.56 Å². The Bertz CT molecular complexity index is 851. The SMILES string of the molecule is NC(N)=NN=Cc1ccc(Oc2cc(-n3cccn3)ncn2)cc1. The number of rotatable bonds is 5. The lowest BCUT2D eigenvalue weighted by molar-refractivity contribution is 0.460. The Hall–Kier alpha value is -3.75. The van der Waals surface area contributed by atoms with E-state index >= 15 is 0 Å². The third-order valence-corrected chi connectivity index (χ3v) is 2.85. The zero-order valence-corrected chi connectivity index (χ0v) is 12.5. The molecule has 0 aliphatic heterocycles. The molecular formula is C15H14N8O. The van der Waals surface area contributed by atoms with E-state index < -0.39 is 0 Å². The molecule has 2 heterocycles. The Kier molecular flexibility index (Phi) is 4.43. The molecule has 0 bridgehead atoms. The number of benzene rings is 1. The van der Waals surface area contributed by atoms with Crippen LogP contribution >= 0.6 is 0 Å². The van der Waals surface area contributed by atoms with Crippen molar-refractivity contribution in [2.75, 3.05) is 0 Å². The van der Waals surface area contributed by atoms with Crippen LogP contribution < -0.4 is 16.2 Å². The van der Waals surface area contributed by atoms with Crippen LogP contribution in [-0.2, 0) is 0 Å². The lowest BCUT2D eigenvalue weighted by atomic mass is 10.2. The summed E-state index contributed by atoms with van der Waals surface area (Å²) in [5, 5.41) is 11.4. The smallest absolute Gasteiger partial charge is 0.224 e. The monoisotopic (exact) mass is 322 g/mol. The van der Waals surface area contributed by atoms with Crippen molar-refractivity contribution in [2.24, 2.45) is 21.7 Å². The standard InChI is InChI=1S/C15H14N8O/c16-15(17)22-20-9-11-2-4-12(5-3-11)24-14-8-13(18-10-19-14)23-7-1-6-21-23/h1-10H,(H4,16,17,22). The van der Waals surface area contributed by atoms with E-state index in [2.05, 4.69) is 25.3 Å². The minimum absolute atomic E-state index is 0.0945. The van der Waals surface area contributed by atoms with Crippen molar-refractivity contribution in [3.63, 3.8) is 0 Å². The predicted octanol–water partition coefficient (Wildman–Crippen LogP) is 1.06. The first-order chi connectivity index (χ1) is 11.7. The molecular weight excluding hydrogens is 308 g/mol. The fraction of sp³-hybridized carbons (Fsp3) is 0. The number of ether oxygens (including phenoxy) is 1. The topological polar surface area (TPSA) is 130 Å². The highest BCUT2D eigenvalue weighted by Gasteiger charge is 2.03. The maximum Gasteiger partial charge on any atom is 0.224 e. The highest BCUT2D eigenvalue weighted by Crippen LogP contribution is 2.20. The molecule has 0 fully saturated rings. The lowest BCUT2D eigenvalue weighted by Gasteiger charge is -2.06. The van der Waals surface area contributed by atoms with Gasteiger partial charge in [0, 0.05) is 18.5 Å². The molecule has 0 atom stereocenters. The molecule has 0 saturated heterocycles. The van der Waals surface area contributed by atoms with Crippen molar-refractivity contribution in [2.45, 2.75) is 0 Å². The summed E-state index contributed by atoms with van der Waals surface area (Å²) in [4.78, 5) is 8.23. The summed E-state index contributed by atoms with van der Waals surface area (Å²) in [7, 11) is 0. The molecule has 0 aliphatic rings. The highest BCUT2D eigenvalue weighted by atomic mass is 16.5. The Labute approximate surface area is 137 Å². The minimum atomic E-state index is -0.0945. The number of nitrogens with two attached hydrogens (primary N) is 2. The van der Waals surface area contributed by atoms with Crippen molar-refractivity contribution >= 4 is 12.2 Å². The zero-order valence-electron chi connectivity index (χ0n) is 12.5. The lowest BCUT2D eigenvalue weighted by Crippen LogP contribution is -2.21. The summed E-state index contributed by atoms with van der Waals surface area (Å²) in [5.74, 6) is 1.56. The Morgan fingerprint density at radius 2 is 2.00 bits per heavy atom. The van der Waals surface area contributed by atoms with Crippen LogP contribution in [0.2, 0.25) is 0 Å². The number of nitrogens with zero attached hydrogens (tertiary/aromatic N) is 6. The second-order valence-corrected chi connectivity index (χ2v) is 4.61. The first kappa shape index (κ1) is 15.2. The minimum Gasteiger partial charge on any atom is -0.439 e. The van der Waals surface area contributed by atoms with E-state index in [0.29, 0.717) is 17.4 Å². The Balaban J connectivity index is 1.71. The largest absolute Gasteiger partial charge is 0.439 e. The van der Waals surface area contributed by atoms with Crippen molar-refractivity contribution < 1.29 is 4.74 Å². The van der Waals surface area contributed by atoms with Gasteiger partial charge in [0.2, 0.25) is 11.8 Å². The molecule has 0 aliphatic carbocycles. The number of aromatic nitrogens is 4. The van der Waals surface area contributed by atoms with Crippen molar-refractivity contribution in [3.05, 3.63) is 60.7 Å². The van der Waals surface area contributed by atoms with E-state index in [1.807, 2.05) is 18.2 Å². The quantitative estimate of drug-likeness (QED) is 0.410. The van der Waals surface area contributed by atoms with E-state index in [1.54, 1.807) is 35.3 Å². The second kappa shape index (κ2) is 7.01. The molecule has 0 spiro atoms. The van der Waals surface area contributed by atoms with Gasteiger partial charge in [0.15, 0.2) is 5.82 Å². The van der Waals surface area contributed by atoms with Gasteiger partial charge in [0.1, 0.15) is 12.1 Å². The van der Waals surface area contributed by atoms with Gasteiger partial charge in [-0.1, -0.05) is 0 Å². The zero-order chi connectivity index (χ0) is 16.8. The second-order valence-electron chi connectivity index (χ2n) is 4.61. The van der Waals surface area contributed by atoms with Gasteiger partial charge in [-0.25, -0.2) is 14.6 Å². The van der Waals surface area contributed by atoms with Gasteiger partial charge in [-0.05, 0) is 35.9 Å². The summed E-state index contributed by atoms with van der Waals surface area (Å²) in [6.45, 7) is 0. The number of hydrogen-bond acceptors (Lipinski definition) is 6. The van der Waals surface area contributed by atoms with Crippen LogP contribution in [0.5, 0.6) is 11.6 Å². The first-order valence-electron chi connectivity index (χ1n) is 6.93. The fourth-order valence-electron chi connectivity index (χ4n) is 1.82. The van der Waals surface area contributed by atoms with Gasteiger partial charge < -0.3 is 16.2 Å². The van der Waals surface area contributed by atoms with Gasteiger partial charge in [-0.2, -0.15) is 10.2 Å². The van der Waals surface area contributed by atoms with Crippen LogP contribution in [0.25, 0.3) is 5.82 Å². The average Bonchev–Trinajstić information content (AvgIpc) is 3.11. The van der Waals surface area contributed by atoms with Crippen molar-refractivity contribution in [1.82, 2.24) is 19.7 Å². The maximum absolute atomic E-state index is 5.71. The normalized spacial score (nSPS) is 10.7. The van der Waals surface area contributed by atoms with Gasteiger partial charge in [-0.15, -0.1) is 5.10 Å². The van der Waals surface area contributed by atoms with Crippen LogP contribution in [0.1, 0.15) is 5.56 Å². The van der Waals surface area contributed by atoms with Gasteiger partial charge in [0.05, 0.1) is 6.21 Å². The summed E-state index contributed by atoms with van der Waals surface area (Å²) < 4.78 is 7.33. The third-order valence-electron chi connectivity index (χ3n) is 2.85. The molecule has 3 aromatic rings. The van der Waals surface area contributed by atoms with Crippen molar-refractivity contribution in [1.29, 1.82) is 0 Å². The molecule has 24 heavy (non-hydrogen) atoms. The molecule has 0 radical (unpaired) electrons. The van der Waals surface area contributed by atoms with Crippen LogP contribution in [0, 0.1) is 0 Å². The summed E-state index contributed by atoms with van der Waals surface area (Å²) >= 11 is 0. The maximum atomic E-state index is 5.71. The highest BCUT2D eigenvalue weighted by molar-refractivity contribution is 5.81. The molecule has 3 rings (SSSR count). The Morgan fingerprint density at radius 3 is 2.71 bits per heavy atom. The fourth-order valence-corrected chi connectivity index (χ4v) is 1.82. The van der Waals surface area contributed by atoms with Gasteiger partial charge >= 0.3 is 0 Å². The van der Waals surface area contributed by atoms with E-state index in [4.69, 9.17) is 16.2 Å². The summed E-state index contributed by atoms with van der Waals surface area (Å²) in [6.07, 6.45) is 6.41. The molecule has 120 valence electrons. The summed E-state index contributed by atoms with van der Waals surface area (Å²) in [6, 6.07) is 10.7. The molecule has 9 heteroatoms. The van der Waals surface area contributed by atoms with E-state index in [-0.39, 0.29) is 5.96 Å². The predicted molar refractivity (Wildman–Crippen MR) is 89.1 cm³/mol. The molecule has 2 aromatic heterocycles. The van der Waals surface area contributed by atoms with E-state index in [9.17, 15) is 0 Å². The molecule has 0 amide bonds. The summed E-state index contributed by atoms with van der Waals surface area (Å²) in [5.41, 5.74) is 11.2. The molecule has 1 aromatic carbocycles. The van der Waals surface area contributed by atoms with Crippen LogP contribution in [-0.4, -0.2) is 31.9 Å². The van der Waals surface area contributed by atoms with Gasteiger partial charge in [-0.3, -0.25) is 0 Å². The molecule has 0 unspecified atom stereocenters. The molecule has 9 nitrogen and oxygen atoms in total.